The van der Waals surface area contributed by atoms with Crippen LogP contribution in [0.3, 0.4) is 0 Å². The first kappa shape index (κ1) is 31.5. The van der Waals surface area contributed by atoms with E-state index in [0.29, 0.717) is 30.6 Å². The molecular formula is C29H39F3N4O4. The summed E-state index contributed by atoms with van der Waals surface area (Å²) >= 11 is 0. The predicted molar refractivity (Wildman–Crippen MR) is 144 cm³/mol. The van der Waals surface area contributed by atoms with E-state index in [1.807, 2.05) is 13.8 Å². The maximum absolute atomic E-state index is 12.9. The number of hydrogen-bond acceptors (Lipinski definition) is 6. The lowest BCUT2D eigenvalue weighted by Gasteiger charge is -2.41. The van der Waals surface area contributed by atoms with Crippen LogP contribution in [-0.2, 0) is 22.2 Å². The number of carbonyl (C=O) groups is 2. The molecule has 1 fully saturated rings. The van der Waals surface area contributed by atoms with E-state index in [1.165, 1.54) is 6.07 Å². The number of amides is 2. The number of nitrogens with zero attached hydrogens (tertiary/aromatic N) is 2. The SMILES string of the molecule is CCN(C[C@@H](C)NC(=O)CNC(=O)c1cccc(C(F)(F)F)c1)C1CCC(O)(c2ccc(C(C)(C)O)cn2)CC1. The van der Waals surface area contributed by atoms with Crippen LogP contribution in [0, 0.1) is 0 Å². The smallest absolute Gasteiger partial charge is 0.386 e. The van der Waals surface area contributed by atoms with Gasteiger partial charge in [0, 0.05) is 36.0 Å². The minimum atomic E-state index is -4.56. The van der Waals surface area contributed by atoms with Crippen molar-refractivity contribution >= 4 is 11.8 Å². The molecule has 1 aromatic carbocycles. The zero-order valence-electron chi connectivity index (χ0n) is 23.4. The van der Waals surface area contributed by atoms with Crippen molar-refractivity contribution in [1.29, 1.82) is 0 Å². The Morgan fingerprint density at radius 3 is 2.38 bits per heavy atom. The van der Waals surface area contributed by atoms with Crippen LogP contribution in [-0.4, -0.2) is 63.6 Å². The fraction of sp³-hybridized carbons (Fsp3) is 0.552. The largest absolute Gasteiger partial charge is 0.416 e. The number of rotatable bonds is 10. The van der Waals surface area contributed by atoms with E-state index in [1.54, 1.807) is 32.2 Å². The molecule has 0 aliphatic heterocycles. The Kier molecular flexibility index (Phi) is 9.97. The van der Waals surface area contributed by atoms with Crippen LogP contribution in [0.4, 0.5) is 13.2 Å². The molecule has 1 aliphatic carbocycles. The van der Waals surface area contributed by atoms with E-state index < -0.39 is 34.8 Å². The Morgan fingerprint density at radius 2 is 1.82 bits per heavy atom. The van der Waals surface area contributed by atoms with Gasteiger partial charge < -0.3 is 20.8 Å². The molecule has 0 radical (unpaired) electrons. The second-order valence-corrected chi connectivity index (χ2v) is 11.1. The molecule has 2 amide bonds. The Balaban J connectivity index is 1.48. The fourth-order valence-electron chi connectivity index (χ4n) is 5.09. The maximum atomic E-state index is 12.9. The first-order chi connectivity index (χ1) is 18.6. The van der Waals surface area contributed by atoms with E-state index in [-0.39, 0.29) is 24.2 Å². The number of alkyl halides is 3. The molecule has 3 rings (SSSR count). The summed E-state index contributed by atoms with van der Waals surface area (Å²) in [5.74, 6) is -1.20. The number of aromatic nitrogens is 1. The van der Waals surface area contributed by atoms with Gasteiger partial charge in [-0.3, -0.25) is 19.5 Å². The monoisotopic (exact) mass is 564 g/mol. The molecule has 220 valence electrons. The van der Waals surface area contributed by atoms with Crippen LogP contribution < -0.4 is 10.6 Å². The fourth-order valence-corrected chi connectivity index (χ4v) is 5.09. The molecule has 1 aliphatic rings. The molecule has 1 atom stereocenters. The highest BCUT2D eigenvalue weighted by molar-refractivity contribution is 5.96. The van der Waals surface area contributed by atoms with Gasteiger partial charge in [0.15, 0.2) is 0 Å². The molecule has 1 heterocycles. The first-order valence-corrected chi connectivity index (χ1v) is 13.5. The van der Waals surface area contributed by atoms with Gasteiger partial charge in [-0.15, -0.1) is 0 Å². The van der Waals surface area contributed by atoms with E-state index >= 15 is 0 Å². The Labute approximate surface area is 233 Å². The Morgan fingerprint density at radius 1 is 1.15 bits per heavy atom. The number of carbonyl (C=O) groups excluding carboxylic acids is 2. The third-order valence-electron chi connectivity index (χ3n) is 7.43. The van der Waals surface area contributed by atoms with Crippen molar-refractivity contribution in [3.05, 3.63) is 65.0 Å². The number of likely N-dealkylation sites (N-methyl/N-ethyl adjacent to an activating group) is 1. The Bertz CT molecular complexity index is 1160. The van der Waals surface area contributed by atoms with Gasteiger partial charge in [-0.2, -0.15) is 13.2 Å². The minimum absolute atomic E-state index is 0.173. The van der Waals surface area contributed by atoms with Crippen LogP contribution in [0.15, 0.2) is 42.6 Å². The molecular weight excluding hydrogens is 525 g/mol. The summed E-state index contributed by atoms with van der Waals surface area (Å²) in [5, 5.41) is 26.6. The number of nitrogens with one attached hydrogen (secondary N) is 2. The van der Waals surface area contributed by atoms with Crippen molar-refractivity contribution in [2.45, 2.75) is 82.8 Å². The summed E-state index contributed by atoms with van der Waals surface area (Å²) in [6, 6.07) is 7.57. The molecule has 0 unspecified atom stereocenters. The topological polar surface area (TPSA) is 115 Å². The molecule has 8 nitrogen and oxygen atoms in total. The lowest BCUT2D eigenvalue weighted by atomic mass is 9.79. The zero-order valence-corrected chi connectivity index (χ0v) is 23.4. The van der Waals surface area contributed by atoms with Crippen molar-refractivity contribution in [3.8, 4) is 0 Å². The predicted octanol–water partition coefficient (Wildman–Crippen LogP) is 3.71. The van der Waals surface area contributed by atoms with Gasteiger partial charge in [-0.05, 0) is 77.3 Å². The lowest BCUT2D eigenvalue weighted by Crippen LogP contribution is -2.49. The molecule has 0 spiro atoms. The van der Waals surface area contributed by atoms with Gasteiger partial charge in [0.2, 0.25) is 5.91 Å². The van der Waals surface area contributed by atoms with Crippen LogP contribution in [0.2, 0.25) is 0 Å². The number of halogens is 3. The number of hydrogen-bond donors (Lipinski definition) is 4. The van der Waals surface area contributed by atoms with Crippen LogP contribution in [0.1, 0.15) is 80.6 Å². The van der Waals surface area contributed by atoms with Crippen LogP contribution in [0.25, 0.3) is 0 Å². The summed E-state index contributed by atoms with van der Waals surface area (Å²) in [6.45, 7) is 8.19. The first-order valence-electron chi connectivity index (χ1n) is 13.5. The summed E-state index contributed by atoms with van der Waals surface area (Å²) in [7, 11) is 0. The second-order valence-electron chi connectivity index (χ2n) is 11.1. The van der Waals surface area contributed by atoms with Gasteiger partial charge in [0.05, 0.1) is 23.4 Å². The van der Waals surface area contributed by atoms with E-state index in [2.05, 4.69) is 20.5 Å². The molecule has 4 N–H and O–H groups in total. The average molecular weight is 565 g/mol. The molecule has 1 aromatic heterocycles. The van der Waals surface area contributed by atoms with E-state index in [4.69, 9.17) is 0 Å². The highest BCUT2D eigenvalue weighted by atomic mass is 19.4. The van der Waals surface area contributed by atoms with Gasteiger partial charge in [0.1, 0.15) is 5.60 Å². The van der Waals surface area contributed by atoms with Gasteiger partial charge >= 0.3 is 6.18 Å². The van der Waals surface area contributed by atoms with Gasteiger partial charge in [-0.25, -0.2) is 0 Å². The minimum Gasteiger partial charge on any atom is -0.386 e. The summed E-state index contributed by atoms with van der Waals surface area (Å²) in [5.41, 5.74) is -1.88. The number of aliphatic hydroxyl groups is 2. The quantitative estimate of drug-likeness (QED) is 0.350. The highest BCUT2D eigenvalue weighted by Gasteiger charge is 2.38. The van der Waals surface area contributed by atoms with Crippen molar-refractivity contribution < 1.29 is 33.0 Å². The average Bonchev–Trinajstić information content (AvgIpc) is 2.90. The molecule has 40 heavy (non-hydrogen) atoms. The third-order valence-corrected chi connectivity index (χ3v) is 7.43. The highest BCUT2D eigenvalue weighted by Crippen LogP contribution is 2.38. The van der Waals surface area contributed by atoms with Crippen molar-refractivity contribution in [3.63, 3.8) is 0 Å². The van der Waals surface area contributed by atoms with Crippen molar-refractivity contribution in [1.82, 2.24) is 20.5 Å². The van der Waals surface area contributed by atoms with E-state index in [0.717, 1.165) is 37.6 Å². The number of pyridine rings is 1. The summed E-state index contributed by atoms with van der Waals surface area (Å²) in [6.07, 6.45) is -0.410. The second kappa shape index (κ2) is 12.7. The van der Waals surface area contributed by atoms with Crippen molar-refractivity contribution in [2.24, 2.45) is 0 Å². The lowest BCUT2D eigenvalue weighted by molar-refractivity contribution is -0.137. The molecule has 0 saturated heterocycles. The Hall–Kier alpha value is -3.02. The van der Waals surface area contributed by atoms with Crippen LogP contribution >= 0.6 is 0 Å². The molecule has 11 heteroatoms. The standard InChI is InChI=1S/C29H39F3N4O4/c1-5-36(23-11-13-28(40,14-12-23)24-10-9-22(16-33-24)27(3,4)39)18-19(2)35-25(37)17-34-26(38)20-7-6-8-21(15-20)29(30,31)32/h6-10,15-16,19,23,39-40H,5,11-14,17-18H2,1-4H3,(H,34,38)(H,35,37)/t19-,23?,28?/m1/s1. The molecule has 2 aromatic rings. The van der Waals surface area contributed by atoms with E-state index in [9.17, 15) is 33.0 Å². The maximum Gasteiger partial charge on any atom is 0.416 e. The van der Waals surface area contributed by atoms with Crippen molar-refractivity contribution in [2.75, 3.05) is 19.6 Å². The summed E-state index contributed by atoms with van der Waals surface area (Å²) < 4.78 is 38.7. The number of benzene rings is 1. The molecule has 1 saturated carbocycles. The normalized spacial score (nSPS) is 20.7. The third kappa shape index (κ3) is 8.25. The van der Waals surface area contributed by atoms with Gasteiger partial charge in [0.25, 0.3) is 5.91 Å². The summed E-state index contributed by atoms with van der Waals surface area (Å²) in [4.78, 5) is 31.3. The van der Waals surface area contributed by atoms with Gasteiger partial charge in [-0.1, -0.05) is 19.1 Å². The zero-order chi connectivity index (χ0) is 29.7. The molecule has 0 bridgehead atoms. The van der Waals surface area contributed by atoms with Crippen LogP contribution in [0.5, 0.6) is 0 Å².